The Hall–Kier alpha value is -2.74. The summed E-state index contributed by atoms with van der Waals surface area (Å²) < 4.78 is 13.4. The zero-order valence-corrected chi connectivity index (χ0v) is 10.9. The molecule has 0 saturated carbocycles. The van der Waals surface area contributed by atoms with Gasteiger partial charge in [0.1, 0.15) is 17.5 Å². The predicted molar refractivity (Wildman–Crippen MR) is 75.8 cm³/mol. The molecule has 0 atom stereocenters. The number of hydrazine groups is 1. The van der Waals surface area contributed by atoms with E-state index >= 15 is 0 Å². The molecule has 1 aromatic heterocycles. The van der Waals surface area contributed by atoms with Gasteiger partial charge >= 0.3 is 0 Å². The third kappa shape index (κ3) is 2.36. The fourth-order valence-electron chi connectivity index (χ4n) is 2.41. The van der Waals surface area contributed by atoms with Gasteiger partial charge in [-0.3, -0.25) is 10.1 Å². The third-order valence-electron chi connectivity index (χ3n) is 3.37. The van der Waals surface area contributed by atoms with Gasteiger partial charge in [0.25, 0.3) is 5.69 Å². The fraction of sp³-hybridized carbons (Fsp3) is 0.154. The summed E-state index contributed by atoms with van der Waals surface area (Å²) in [5.41, 5.74) is 3.83. The molecule has 1 aromatic carbocycles. The first-order valence-electron chi connectivity index (χ1n) is 6.27. The number of hydrogen-bond donors (Lipinski definition) is 2. The SMILES string of the molecule is NNc1cc([N+](=O)[O-])cc(N2CCc3ccc(F)cc32)n1. The molecule has 1 aliphatic heterocycles. The first-order chi connectivity index (χ1) is 10.1. The van der Waals surface area contributed by atoms with Gasteiger partial charge in [-0.05, 0) is 24.1 Å². The largest absolute Gasteiger partial charge is 0.325 e. The highest BCUT2D eigenvalue weighted by atomic mass is 19.1. The second-order valence-corrected chi connectivity index (χ2v) is 4.64. The lowest BCUT2D eigenvalue weighted by Gasteiger charge is -2.18. The Labute approximate surface area is 119 Å². The van der Waals surface area contributed by atoms with Crippen molar-refractivity contribution >= 4 is 23.0 Å². The number of pyridine rings is 1. The zero-order valence-electron chi connectivity index (χ0n) is 10.9. The highest BCUT2D eigenvalue weighted by Crippen LogP contribution is 2.35. The molecule has 0 amide bonds. The first-order valence-corrected chi connectivity index (χ1v) is 6.27. The quantitative estimate of drug-likeness (QED) is 0.510. The van der Waals surface area contributed by atoms with Crippen LogP contribution in [-0.4, -0.2) is 16.5 Å². The van der Waals surface area contributed by atoms with Crippen LogP contribution in [0.2, 0.25) is 0 Å². The van der Waals surface area contributed by atoms with Crippen molar-refractivity contribution in [2.75, 3.05) is 16.9 Å². The molecule has 0 unspecified atom stereocenters. The van der Waals surface area contributed by atoms with E-state index in [1.807, 2.05) is 0 Å². The number of nitrogen functional groups attached to an aromatic ring is 1. The summed E-state index contributed by atoms with van der Waals surface area (Å²) in [5.74, 6) is 5.48. The predicted octanol–water partition coefficient (Wildman–Crippen LogP) is 2.11. The van der Waals surface area contributed by atoms with Crippen LogP contribution in [-0.2, 0) is 6.42 Å². The maximum atomic E-state index is 13.4. The number of halogens is 1. The molecular weight excluding hydrogens is 277 g/mol. The summed E-state index contributed by atoms with van der Waals surface area (Å²) in [7, 11) is 0. The van der Waals surface area contributed by atoms with Crippen LogP contribution in [0.5, 0.6) is 0 Å². The number of fused-ring (bicyclic) bond motifs is 1. The molecule has 0 fully saturated rings. The number of aromatic nitrogens is 1. The first kappa shape index (κ1) is 13.3. The Morgan fingerprint density at radius 1 is 1.38 bits per heavy atom. The second kappa shape index (κ2) is 4.98. The van der Waals surface area contributed by atoms with Gasteiger partial charge in [0.2, 0.25) is 0 Å². The molecule has 1 aliphatic rings. The van der Waals surface area contributed by atoms with Crippen molar-refractivity contribution in [3.63, 3.8) is 0 Å². The molecule has 2 aromatic rings. The van der Waals surface area contributed by atoms with Crippen LogP contribution in [0, 0.1) is 15.9 Å². The van der Waals surface area contributed by atoms with Crippen LogP contribution in [0.15, 0.2) is 30.3 Å². The fourth-order valence-corrected chi connectivity index (χ4v) is 2.41. The topological polar surface area (TPSA) is 97.3 Å². The number of nitrogens with two attached hydrogens (primary N) is 1. The van der Waals surface area contributed by atoms with Gasteiger partial charge in [0.15, 0.2) is 0 Å². The molecule has 0 bridgehead atoms. The van der Waals surface area contributed by atoms with E-state index in [1.165, 1.54) is 24.3 Å². The number of nitrogens with zero attached hydrogens (tertiary/aromatic N) is 3. The molecule has 3 rings (SSSR count). The van der Waals surface area contributed by atoms with Gasteiger partial charge in [0, 0.05) is 12.2 Å². The van der Waals surface area contributed by atoms with Gasteiger partial charge in [-0.15, -0.1) is 0 Å². The standard InChI is InChI=1S/C13H12FN5O2/c14-9-2-1-8-3-4-18(11(8)5-9)13-7-10(19(20)21)6-12(16-13)17-15/h1-2,5-7H,3-4,15H2,(H,16,17). The third-order valence-corrected chi connectivity index (χ3v) is 3.37. The molecule has 0 saturated heterocycles. The molecule has 8 heteroatoms. The summed E-state index contributed by atoms with van der Waals surface area (Å²) in [6.07, 6.45) is 0.728. The van der Waals surface area contributed by atoms with Crippen LogP contribution in [0.1, 0.15) is 5.56 Å². The molecule has 0 radical (unpaired) electrons. The van der Waals surface area contributed by atoms with Gasteiger partial charge in [-0.25, -0.2) is 15.2 Å². The summed E-state index contributed by atoms with van der Waals surface area (Å²) in [5, 5.41) is 11.0. The molecular formula is C13H12FN5O2. The summed E-state index contributed by atoms with van der Waals surface area (Å²) >= 11 is 0. The lowest BCUT2D eigenvalue weighted by Crippen LogP contribution is -2.17. The number of benzene rings is 1. The van der Waals surface area contributed by atoms with Crippen molar-refractivity contribution in [3.8, 4) is 0 Å². The van der Waals surface area contributed by atoms with Crippen LogP contribution < -0.4 is 16.2 Å². The lowest BCUT2D eigenvalue weighted by molar-refractivity contribution is -0.384. The second-order valence-electron chi connectivity index (χ2n) is 4.64. The maximum absolute atomic E-state index is 13.4. The number of nitro groups is 1. The summed E-state index contributed by atoms with van der Waals surface area (Å²) in [4.78, 5) is 16.4. The van der Waals surface area contributed by atoms with E-state index in [4.69, 9.17) is 5.84 Å². The minimum Gasteiger partial charge on any atom is -0.325 e. The Morgan fingerprint density at radius 3 is 2.90 bits per heavy atom. The molecule has 2 heterocycles. The van der Waals surface area contributed by atoms with E-state index in [9.17, 15) is 14.5 Å². The summed E-state index contributed by atoms with van der Waals surface area (Å²) in [6, 6.07) is 7.10. The minimum absolute atomic E-state index is 0.127. The molecule has 0 spiro atoms. The van der Waals surface area contributed by atoms with Crippen molar-refractivity contribution < 1.29 is 9.31 Å². The van der Waals surface area contributed by atoms with Gasteiger partial charge in [-0.1, -0.05) is 6.07 Å². The Bertz CT molecular complexity index is 722. The van der Waals surface area contributed by atoms with Gasteiger partial charge in [0.05, 0.1) is 17.1 Å². The highest BCUT2D eigenvalue weighted by molar-refractivity contribution is 5.70. The molecule has 108 valence electrons. The van der Waals surface area contributed by atoms with E-state index in [1.54, 1.807) is 11.0 Å². The number of anilines is 3. The number of rotatable bonds is 3. The zero-order chi connectivity index (χ0) is 15.0. The summed E-state index contributed by atoms with van der Waals surface area (Å²) in [6.45, 7) is 0.580. The van der Waals surface area contributed by atoms with Crippen molar-refractivity contribution in [2.45, 2.75) is 6.42 Å². The Morgan fingerprint density at radius 2 is 2.19 bits per heavy atom. The molecule has 21 heavy (non-hydrogen) atoms. The smallest absolute Gasteiger partial charge is 0.276 e. The average Bonchev–Trinajstić information content (AvgIpc) is 2.89. The number of nitrogens with one attached hydrogen (secondary N) is 1. The Kier molecular flexibility index (Phi) is 3.15. The Balaban J connectivity index is 2.08. The van der Waals surface area contributed by atoms with Crippen LogP contribution in [0.25, 0.3) is 0 Å². The van der Waals surface area contributed by atoms with Crippen LogP contribution >= 0.6 is 0 Å². The van der Waals surface area contributed by atoms with Crippen LogP contribution in [0.4, 0.5) is 27.4 Å². The molecule has 3 N–H and O–H groups in total. The van der Waals surface area contributed by atoms with E-state index < -0.39 is 4.92 Å². The van der Waals surface area contributed by atoms with Crippen molar-refractivity contribution in [1.82, 2.24) is 4.98 Å². The van der Waals surface area contributed by atoms with E-state index in [0.717, 1.165) is 12.0 Å². The van der Waals surface area contributed by atoms with Crippen molar-refractivity contribution in [2.24, 2.45) is 5.84 Å². The highest BCUT2D eigenvalue weighted by Gasteiger charge is 2.24. The van der Waals surface area contributed by atoms with Gasteiger partial charge < -0.3 is 10.3 Å². The normalized spacial score (nSPS) is 13.1. The van der Waals surface area contributed by atoms with Gasteiger partial charge in [-0.2, -0.15) is 0 Å². The van der Waals surface area contributed by atoms with Crippen LogP contribution in [0.3, 0.4) is 0 Å². The average molecular weight is 289 g/mol. The molecule has 0 aliphatic carbocycles. The van der Waals surface area contributed by atoms with Crippen molar-refractivity contribution in [1.29, 1.82) is 0 Å². The van der Waals surface area contributed by atoms with E-state index in [0.29, 0.717) is 18.1 Å². The monoisotopic (exact) mass is 289 g/mol. The van der Waals surface area contributed by atoms with Crippen molar-refractivity contribution in [3.05, 3.63) is 51.8 Å². The number of hydrogen-bond acceptors (Lipinski definition) is 6. The minimum atomic E-state index is -0.519. The van der Waals surface area contributed by atoms with E-state index in [2.05, 4.69) is 10.4 Å². The lowest BCUT2D eigenvalue weighted by atomic mass is 10.2. The maximum Gasteiger partial charge on any atom is 0.276 e. The molecule has 7 nitrogen and oxygen atoms in total. The van der Waals surface area contributed by atoms with E-state index in [-0.39, 0.29) is 17.3 Å².